The number of ether oxygens (including phenoxy) is 1. The van der Waals surface area contributed by atoms with Crippen molar-refractivity contribution in [2.45, 2.75) is 6.92 Å². The highest BCUT2D eigenvalue weighted by Gasteiger charge is 2.25. The quantitative estimate of drug-likeness (QED) is 0.153. The van der Waals surface area contributed by atoms with E-state index in [0.29, 0.717) is 5.75 Å². The first-order chi connectivity index (χ1) is 22.1. The van der Waals surface area contributed by atoms with Gasteiger partial charge >= 0.3 is 0 Å². The Morgan fingerprint density at radius 3 is 2.00 bits per heavy atom. The third-order valence-corrected chi connectivity index (χ3v) is 8.41. The van der Waals surface area contributed by atoms with Crippen molar-refractivity contribution >= 4 is 60.4 Å². The molecule has 4 heteroatoms. The highest BCUT2D eigenvalue weighted by Crippen LogP contribution is 2.46. The minimum Gasteiger partial charge on any atom is -0.456 e. The van der Waals surface area contributed by atoms with Crippen LogP contribution >= 0.6 is 15.9 Å². The van der Waals surface area contributed by atoms with Crippen LogP contribution in [0.5, 0.6) is 11.5 Å². The van der Waals surface area contributed by atoms with Crippen LogP contribution in [0.4, 0.5) is 11.4 Å². The predicted octanol–water partition coefficient (Wildman–Crippen LogP) is 12.4. The van der Waals surface area contributed by atoms with Crippen LogP contribution in [0.15, 0.2) is 173 Å². The lowest BCUT2D eigenvalue weighted by Gasteiger charge is -2.32. The van der Waals surface area contributed by atoms with Crippen LogP contribution in [0.2, 0.25) is 0 Å². The molecule has 45 heavy (non-hydrogen) atoms. The van der Waals surface area contributed by atoms with Gasteiger partial charge in [-0.15, -0.1) is 0 Å². The lowest BCUT2D eigenvalue weighted by molar-refractivity contribution is 0.488. The summed E-state index contributed by atoms with van der Waals surface area (Å²) < 4.78 is 14.1. The Morgan fingerprint density at radius 1 is 0.644 bits per heavy atom. The minimum atomic E-state index is 0.709. The van der Waals surface area contributed by atoms with Crippen molar-refractivity contribution in [3.63, 3.8) is 0 Å². The lowest BCUT2D eigenvalue weighted by Crippen LogP contribution is -2.19. The van der Waals surface area contributed by atoms with Gasteiger partial charge in [-0.2, -0.15) is 0 Å². The average Bonchev–Trinajstić information content (AvgIpc) is 3.46. The summed E-state index contributed by atoms with van der Waals surface area (Å²) in [6.45, 7) is 6.85. The van der Waals surface area contributed by atoms with E-state index < -0.39 is 0 Å². The Hall–Kier alpha value is -5.32. The van der Waals surface area contributed by atoms with Gasteiger partial charge in [-0.3, -0.25) is 0 Å². The third kappa shape index (κ3) is 5.68. The molecule has 0 saturated heterocycles. The molecule has 0 spiro atoms. The van der Waals surface area contributed by atoms with E-state index in [-0.39, 0.29) is 0 Å². The molecule has 0 aliphatic heterocycles. The van der Waals surface area contributed by atoms with Crippen LogP contribution in [0.1, 0.15) is 18.1 Å². The second-order valence-corrected chi connectivity index (χ2v) is 11.7. The first kappa shape index (κ1) is 28.5. The minimum absolute atomic E-state index is 0.709. The number of hydrogen-bond donors (Lipinski definition) is 0. The Labute approximate surface area is 271 Å². The van der Waals surface area contributed by atoms with Crippen LogP contribution in [0, 0.1) is 0 Å². The van der Waals surface area contributed by atoms with Crippen LogP contribution in [0.3, 0.4) is 0 Å². The van der Waals surface area contributed by atoms with Crippen molar-refractivity contribution in [1.82, 2.24) is 0 Å². The van der Waals surface area contributed by atoms with Crippen molar-refractivity contribution < 1.29 is 9.15 Å². The normalized spacial score (nSPS) is 11.8. The summed E-state index contributed by atoms with van der Waals surface area (Å²) in [6.07, 6.45) is 0. The monoisotopic (exact) mass is 647 g/mol. The molecule has 0 amide bonds. The van der Waals surface area contributed by atoms with Crippen molar-refractivity contribution in [1.29, 1.82) is 0 Å². The lowest BCUT2D eigenvalue weighted by atomic mass is 9.95. The van der Waals surface area contributed by atoms with Crippen molar-refractivity contribution in [3.8, 4) is 11.5 Å². The zero-order valence-electron chi connectivity index (χ0n) is 24.8. The summed E-state index contributed by atoms with van der Waals surface area (Å²) in [6, 6.07) is 51.3. The molecule has 0 bridgehead atoms. The molecular weight excluding hydrogens is 618 g/mol. The highest BCUT2D eigenvalue weighted by atomic mass is 79.9. The molecule has 0 aliphatic carbocycles. The smallest absolute Gasteiger partial charge is 0.141 e. The van der Waals surface area contributed by atoms with Crippen molar-refractivity contribution in [2.24, 2.45) is 0 Å². The van der Waals surface area contributed by atoms with Crippen LogP contribution in [-0.4, -0.2) is 0 Å². The first-order valence-electron chi connectivity index (χ1n) is 14.8. The second-order valence-electron chi connectivity index (χ2n) is 10.8. The van der Waals surface area contributed by atoms with Gasteiger partial charge < -0.3 is 14.1 Å². The molecule has 7 aromatic rings. The fraction of sp³-hybridized carbons (Fsp3) is 0.0244. The van der Waals surface area contributed by atoms with Gasteiger partial charge in [-0.1, -0.05) is 126 Å². The second kappa shape index (κ2) is 12.4. The third-order valence-electron chi connectivity index (χ3n) is 7.92. The summed E-state index contributed by atoms with van der Waals surface area (Å²) in [5, 5.41) is 1.93. The molecule has 0 N–H and O–H groups in total. The zero-order chi connectivity index (χ0) is 30.8. The molecule has 0 atom stereocenters. The Balaban J connectivity index is 1.54. The number of furan rings is 1. The summed E-state index contributed by atoms with van der Waals surface area (Å²) in [5.74, 6) is 1.46. The molecule has 3 nitrogen and oxygen atoms in total. The van der Waals surface area contributed by atoms with Crippen LogP contribution in [-0.2, 0) is 0 Å². The number of para-hydroxylation sites is 2. The van der Waals surface area contributed by atoms with E-state index in [2.05, 4.69) is 101 Å². The number of benzene rings is 6. The zero-order valence-corrected chi connectivity index (χ0v) is 26.4. The first-order valence-corrected chi connectivity index (χ1v) is 15.6. The molecule has 1 heterocycles. The fourth-order valence-electron chi connectivity index (χ4n) is 5.78. The highest BCUT2D eigenvalue weighted by molar-refractivity contribution is 9.10. The van der Waals surface area contributed by atoms with E-state index in [0.717, 1.165) is 71.5 Å². The van der Waals surface area contributed by atoms with Gasteiger partial charge in [0, 0.05) is 27.7 Å². The SMILES string of the molecule is C=C(/C(=C(\C)c1ccccc1)N(c1cccc(Br)c1)c1cc(Oc2ccccc2)c2c(c1)oc1ccccc12)c1ccccc1. The Morgan fingerprint density at radius 2 is 1.29 bits per heavy atom. The molecule has 0 radical (unpaired) electrons. The van der Waals surface area contributed by atoms with Gasteiger partial charge in [0.2, 0.25) is 0 Å². The molecule has 7 rings (SSSR count). The molecule has 1 aromatic heterocycles. The van der Waals surface area contributed by atoms with Gasteiger partial charge in [-0.05, 0) is 65.6 Å². The number of anilines is 2. The largest absolute Gasteiger partial charge is 0.456 e. The maximum atomic E-state index is 6.64. The van der Waals surface area contributed by atoms with E-state index in [1.54, 1.807) is 0 Å². The standard InChI is InChI=1S/C41H30BrNO2/c1-28(30-15-6-3-7-16-30)41(29(2)31-17-8-4-9-18-31)43(33-20-14-19-32(42)25-33)34-26-38(44-35-21-10-5-11-22-35)40-36-23-12-13-24-37(36)45-39(40)27-34/h3-27H,1H2,2H3/b41-29-. The summed E-state index contributed by atoms with van der Waals surface area (Å²) >= 11 is 3.73. The van der Waals surface area contributed by atoms with E-state index in [1.807, 2.05) is 84.9 Å². The molecule has 6 aromatic carbocycles. The summed E-state index contributed by atoms with van der Waals surface area (Å²) in [4.78, 5) is 2.26. The molecule has 218 valence electrons. The van der Waals surface area contributed by atoms with E-state index in [9.17, 15) is 0 Å². The maximum absolute atomic E-state index is 6.64. The van der Waals surface area contributed by atoms with Gasteiger partial charge in [-0.25, -0.2) is 0 Å². The molecule has 0 saturated carbocycles. The average molecular weight is 649 g/mol. The van der Waals surface area contributed by atoms with Crippen molar-refractivity contribution in [3.05, 3.63) is 180 Å². The van der Waals surface area contributed by atoms with E-state index in [1.165, 1.54) is 0 Å². The number of fused-ring (bicyclic) bond motifs is 3. The summed E-state index contributed by atoms with van der Waals surface area (Å²) in [5.41, 5.74) is 8.48. The van der Waals surface area contributed by atoms with Crippen LogP contribution in [0.25, 0.3) is 33.1 Å². The van der Waals surface area contributed by atoms with E-state index in [4.69, 9.17) is 9.15 Å². The van der Waals surface area contributed by atoms with Gasteiger partial charge in [0.1, 0.15) is 22.7 Å². The Bertz CT molecular complexity index is 2170. The van der Waals surface area contributed by atoms with E-state index >= 15 is 0 Å². The van der Waals surface area contributed by atoms with Gasteiger partial charge in [0.25, 0.3) is 0 Å². The number of halogens is 1. The topological polar surface area (TPSA) is 25.6 Å². The fourth-order valence-corrected chi connectivity index (χ4v) is 6.17. The predicted molar refractivity (Wildman–Crippen MR) is 191 cm³/mol. The number of hydrogen-bond acceptors (Lipinski definition) is 3. The number of nitrogens with zero attached hydrogens (tertiary/aromatic N) is 1. The van der Waals surface area contributed by atoms with Gasteiger partial charge in [0.05, 0.1) is 16.8 Å². The van der Waals surface area contributed by atoms with Crippen molar-refractivity contribution in [2.75, 3.05) is 4.90 Å². The number of allylic oxidation sites excluding steroid dienone is 2. The molecule has 0 fully saturated rings. The maximum Gasteiger partial charge on any atom is 0.141 e. The van der Waals surface area contributed by atoms with Gasteiger partial charge in [0.15, 0.2) is 0 Å². The molecular formula is C41H30BrNO2. The Kier molecular flexibility index (Phi) is 7.81. The molecule has 0 aliphatic rings. The summed E-state index contributed by atoms with van der Waals surface area (Å²) in [7, 11) is 0. The molecule has 0 unspecified atom stereocenters. The van der Waals surface area contributed by atoms with Crippen LogP contribution < -0.4 is 9.64 Å². The number of rotatable bonds is 8.